The molecule has 106 valence electrons. The predicted octanol–water partition coefficient (Wildman–Crippen LogP) is 1.89. The van der Waals surface area contributed by atoms with Crippen molar-refractivity contribution in [1.82, 2.24) is 4.90 Å². The van der Waals surface area contributed by atoms with Gasteiger partial charge in [0.1, 0.15) is 12.4 Å². The first-order valence-electron chi connectivity index (χ1n) is 6.21. The molecule has 1 aromatic rings. The number of rotatable bonds is 5. The summed E-state index contributed by atoms with van der Waals surface area (Å²) in [4.78, 5) is 13.4. The number of esters is 1. The highest BCUT2D eigenvalue weighted by atomic mass is 35.5. The number of nitrogens with zero attached hydrogens (tertiary/aromatic N) is 1. The van der Waals surface area contributed by atoms with Gasteiger partial charge in [-0.25, -0.2) is 4.79 Å². The Hall–Kier alpha value is -1.04. The van der Waals surface area contributed by atoms with Crippen LogP contribution in [-0.2, 0) is 16.1 Å². The van der Waals surface area contributed by atoms with Gasteiger partial charge in [-0.2, -0.15) is 0 Å². The summed E-state index contributed by atoms with van der Waals surface area (Å²) in [5.41, 5.74) is 0. The molecule has 0 N–H and O–H groups in total. The van der Waals surface area contributed by atoms with Crippen LogP contribution in [0.1, 0.15) is 22.7 Å². The molecule has 0 bridgehead atoms. The first-order valence-corrected chi connectivity index (χ1v) is 6.64. The summed E-state index contributed by atoms with van der Waals surface area (Å²) in [7, 11) is 3.36. The van der Waals surface area contributed by atoms with Crippen LogP contribution in [0.3, 0.4) is 0 Å². The van der Waals surface area contributed by atoms with E-state index in [0.29, 0.717) is 19.0 Å². The molecule has 2 atom stereocenters. The third kappa shape index (κ3) is 3.49. The molecule has 0 unspecified atom stereocenters. The third-order valence-electron chi connectivity index (χ3n) is 3.32. The van der Waals surface area contributed by atoms with E-state index in [1.54, 1.807) is 12.1 Å². The van der Waals surface area contributed by atoms with Gasteiger partial charge in [0, 0.05) is 6.04 Å². The number of furan rings is 1. The van der Waals surface area contributed by atoms with Gasteiger partial charge in [-0.1, -0.05) is 0 Å². The molecule has 1 saturated heterocycles. The zero-order valence-corrected chi connectivity index (χ0v) is 11.9. The fourth-order valence-electron chi connectivity index (χ4n) is 2.14. The molecule has 0 aromatic carbocycles. The summed E-state index contributed by atoms with van der Waals surface area (Å²) < 4.78 is 15.5. The maximum atomic E-state index is 11.2. The molecule has 6 heteroatoms. The molecule has 1 aliphatic heterocycles. The number of alkyl halides is 1. The van der Waals surface area contributed by atoms with Crippen LogP contribution in [0.4, 0.5) is 0 Å². The van der Waals surface area contributed by atoms with Gasteiger partial charge in [0.15, 0.2) is 0 Å². The zero-order valence-electron chi connectivity index (χ0n) is 11.1. The van der Waals surface area contributed by atoms with Crippen LogP contribution in [0.15, 0.2) is 16.5 Å². The van der Waals surface area contributed by atoms with Gasteiger partial charge in [0.25, 0.3) is 0 Å². The Morgan fingerprint density at radius 3 is 3.00 bits per heavy atom. The Kier molecular flexibility index (Phi) is 4.85. The number of carbonyl (C=O) groups excluding carboxylic acids is 1. The lowest BCUT2D eigenvalue weighted by atomic mass is 10.2. The van der Waals surface area contributed by atoms with Crippen LogP contribution < -0.4 is 0 Å². The van der Waals surface area contributed by atoms with Crippen molar-refractivity contribution in [3.63, 3.8) is 0 Å². The fraction of sp³-hybridized carbons (Fsp3) is 0.615. The van der Waals surface area contributed by atoms with Crippen molar-refractivity contribution >= 4 is 17.6 Å². The Labute approximate surface area is 117 Å². The fourth-order valence-corrected chi connectivity index (χ4v) is 2.50. The standard InChI is InChI=1S/C13H18ClNO4/c1-15-6-5-10(14)11(15)8-18-7-9-3-4-12(19-9)13(16)17-2/h3-4,10-11H,5-8H2,1-2H3/t10-,11+/m1/s1. The topological polar surface area (TPSA) is 51.9 Å². The molecule has 1 aromatic heterocycles. The van der Waals surface area contributed by atoms with E-state index < -0.39 is 5.97 Å². The smallest absolute Gasteiger partial charge is 0.373 e. The highest BCUT2D eigenvalue weighted by molar-refractivity contribution is 6.21. The minimum Gasteiger partial charge on any atom is -0.463 e. The average molecular weight is 288 g/mol. The van der Waals surface area contributed by atoms with Crippen molar-refractivity contribution in [2.24, 2.45) is 0 Å². The first-order chi connectivity index (χ1) is 9.11. The van der Waals surface area contributed by atoms with Gasteiger partial charge in [0.2, 0.25) is 5.76 Å². The maximum absolute atomic E-state index is 11.2. The summed E-state index contributed by atoms with van der Waals surface area (Å²) in [5, 5.41) is 0.132. The Morgan fingerprint density at radius 1 is 1.58 bits per heavy atom. The van der Waals surface area contributed by atoms with Gasteiger partial charge in [-0.15, -0.1) is 11.6 Å². The van der Waals surface area contributed by atoms with E-state index in [2.05, 4.69) is 9.64 Å². The molecule has 0 aliphatic carbocycles. The molecule has 1 aliphatic rings. The number of carbonyl (C=O) groups is 1. The molecule has 2 rings (SSSR count). The molecule has 0 spiro atoms. The van der Waals surface area contributed by atoms with Gasteiger partial charge in [-0.05, 0) is 32.1 Å². The predicted molar refractivity (Wildman–Crippen MR) is 70.4 cm³/mol. The van der Waals surface area contributed by atoms with E-state index in [0.717, 1.165) is 13.0 Å². The summed E-state index contributed by atoms with van der Waals surface area (Å²) in [6, 6.07) is 3.52. The zero-order chi connectivity index (χ0) is 13.8. The molecule has 1 fully saturated rings. The van der Waals surface area contributed by atoms with Gasteiger partial charge in [0.05, 0.1) is 19.1 Å². The van der Waals surface area contributed by atoms with E-state index >= 15 is 0 Å². The molecule has 2 heterocycles. The highest BCUT2D eigenvalue weighted by Gasteiger charge is 2.30. The van der Waals surface area contributed by atoms with Crippen LogP contribution >= 0.6 is 11.6 Å². The first kappa shape index (κ1) is 14.4. The number of likely N-dealkylation sites (tertiary alicyclic amines) is 1. The van der Waals surface area contributed by atoms with Crippen LogP contribution in [0, 0.1) is 0 Å². The van der Waals surface area contributed by atoms with Crippen molar-refractivity contribution in [2.45, 2.75) is 24.4 Å². The van der Waals surface area contributed by atoms with Crippen molar-refractivity contribution in [3.8, 4) is 0 Å². The van der Waals surface area contributed by atoms with Crippen LogP contribution in [0.5, 0.6) is 0 Å². The van der Waals surface area contributed by atoms with E-state index in [4.69, 9.17) is 20.8 Å². The summed E-state index contributed by atoms with van der Waals surface area (Å²) >= 11 is 6.21. The lowest BCUT2D eigenvalue weighted by Gasteiger charge is -2.21. The lowest BCUT2D eigenvalue weighted by Crippen LogP contribution is -2.34. The second kappa shape index (κ2) is 6.41. The average Bonchev–Trinajstić information content (AvgIpc) is 2.99. The van der Waals surface area contributed by atoms with Crippen LogP contribution in [0.2, 0.25) is 0 Å². The molecule has 0 radical (unpaired) electrons. The van der Waals surface area contributed by atoms with Crippen molar-refractivity contribution in [2.75, 3.05) is 27.3 Å². The number of halogens is 1. The van der Waals surface area contributed by atoms with Crippen LogP contribution in [-0.4, -0.2) is 49.6 Å². The van der Waals surface area contributed by atoms with Crippen LogP contribution in [0.25, 0.3) is 0 Å². The minimum absolute atomic E-state index is 0.132. The summed E-state index contributed by atoms with van der Waals surface area (Å²) in [5.74, 6) is 0.309. The number of hydrogen-bond donors (Lipinski definition) is 0. The SMILES string of the molecule is COC(=O)c1ccc(COC[C@H]2[C@H](Cl)CCN2C)o1. The Balaban J connectivity index is 1.79. The van der Waals surface area contributed by atoms with Crippen molar-refractivity contribution in [1.29, 1.82) is 0 Å². The van der Waals surface area contributed by atoms with E-state index in [1.807, 2.05) is 7.05 Å². The number of ether oxygens (including phenoxy) is 2. The van der Waals surface area contributed by atoms with Crippen molar-refractivity contribution < 1.29 is 18.7 Å². The lowest BCUT2D eigenvalue weighted by molar-refractivity contribution is 0.0527. The number of likely N-dealkylation sites (N-methyl/N-ethyl adjacent to an activating group) is 1. The van der Waals surface area contributed by atoms with Crippen molar-refractivity contribution in [3.05, 3.63) is 23.7 Å². The third-order valence-corrected chi connectivity index (χ3v) is 3.83. The molecule has 5 nitrogen and oxygen atoms in total. The van der Waals surface area contributed by atoms with E-state index in [-0.39, 0.29) is 17.2 Å². The molecular weight excluding hydrogens is 270 g/mol. The van der Waals surface area contributed by atoms with E-state index in [9.17, 15) is 4.79 Å². The quantitative estimate of drug-likeness (QED) is 0.611. The summed E-state index contributed by atoms with van der Waals surface area (Å²) in [6.07, 6.45) is 0.985. The molecule has 19 heavy (non-hydrogen) atoms. The van der Waals surface area contributed by atoms with Gasteiger partial charge >= 0.3 is 5.97 Å². The Morgan fingerprint density at radius 2 is 2.37 bits per heavy atom. The number of methoxy groups -OCH3 is 1. The summed E-state index contributed by atoms with van der Waals surface area (Å²) in [6.45, 7) is 1.87. The second-order valence-corrected chi connectivity index (χ2v) is 5.19. The minimum atomic E-state index is -0.484. The maximum Gasteiger partial charge on any atom is 0.373 e. The molecule has 0 amide bonds. The van der Waals surface area contributed by atoms with E-state index in [1.165, 1.54) is 7.11 Å². The Bertz CT molecular complexity index is 424. The molecular formula is C13H18ClNO4. The normalized spacial score (nSPS) is 23.7. The monoisotopic (exact) mass is 287 g/mol. The van der Waals surface area contributed by atoms with Gasteiger partial charge < -0.3 is 13.9 Å². The number of hydrogen-bond acceptors (Lipinski definition) is 5. The molecule has 0 saturated carbocycles. The van der Waals surface area contributed by atoms with Gasteiger partial charge in [-0.3, -0.25) is 4.90 Å². The largest absolute Gasteiger partial charge is 0.463 e. The highest BCUT2D eigenvalue weighted by Crippen LogP contribution is 2.22. The second-order valence-electron chi connectivity index (χ2n) is 4.63.